The van der Waals surface area contributed by atoms with Gasteiger partial charge in [-0.25, -0.2) is 4.79 Å². The summed E-state index contributed by atoms with van der Waals surface area (Å²) in [6.07, 6.45) is 1.50. The average molecular weight is 291 g/mol. The maximum absolute atomic E-state index is 12.1. The van der Waals surface area contributed by atoms with Gasteiger partial charge in [0.1, 0.15) is 11.8 Å². The molecule has 0 aromatic heterocycles. The fourth-order valence-corrected chi connectivity index (χ4v) is 2.68. The summed E-state index contributed by atoms with van der Waals surface area (Å²) >= 11 is 0. The van der Waals surface area contributed by atoms with Crippen LogP contribution < -0.4 is 4.74 Å². The van der Waals surface area contributed by atoms with Gasteiger partial charge in [-0.15, -0.1) is 0 Å². The number of carbonyl (C=O) groups excluding carboxylic acids is 1. The second-order valence-electron chi connectivity index (χ2n) is 5.45. The fourth-order valence-electron chi connectivity index (χ4n) is 2.68. The van der Waals surface area contributed by atoms with Crippen LogP contribution in [0, 0.1) is 13.8 Å². The van der Waals surface area contributed by atoms with Crippen molar-refractivity contribution in [2.75, 3.05) is 13.2 Å². The molecule has 0 spiro atoms. The first-order valence-electron chi connectivity index (χ1n) is 7.21. The van der Waals surface area contributed by atoms with Crippen molar-refractivity contribution in [1.82, 2.24) is 4.90 Å². The molecule has 5 heteroatoms. The number of ether oxygens (including phenoxy) is 1. The van der Waals surface area contributed by atoms with Crippen molar-refractivity contribution in [3.05, 3.63) is 29.3 Å². The van der Waals surface area contributed by atoms with Crippen LogP contribution in [0.15, 0.2) is 18.2 Å². The molecule has 1 aliphatic rings. The smallest absolute Gasteiger partial charge is 0.326 e. The third-order valence-corrected chi connectivity index (χ3v) is 3.76. The molecule has 0 saturated carbocycles. The van der Waals surface area contributed by atoms with E-state index in [1.807, 2.05) is 32.0 Å². The number of rotatable bonds is 5. The van der Waals surface area contributed by atoms with Gasteiger partial charge in [-0.05, 0) is 38.3 Å². The third kappa shape index (κ3) is 3.74. The monoisotopic (exact) mass is 291 g/mol. The number of carboxylic acids is 1. The summed E-state index contributed by atoms with van der Waals surface area (Å²) in [5.74, 6) is -0.301. The summed E-state index contributed by atoms with van der Waals surface area (Å²) in [6, 6.07) is 5.22. The van der Waals surface area contributed by atoms with Gasteiger partial charge in [0.05, 0.1) is 13.0 Å². The number of benzene rings is 1. The number of nitrogens with zero attached hydrogens (tertiary/aromatic N) is 1. The predicted octanol–water partition coefficient (Wildman–Crippen LogP) is 2.15. The van der Waals surface area contributed by atoms with Crippen LogP contribution in [-0.2, 0) is 9.59 Å². The van der Waals surface area contributed by atoms with Crippen molar-refractivity contribution in [2.24, 2.45) is 0 Å². The quantitative estimate of drug-likeness (QED) is 0.902. The topological polar surface area (TPSA) is 66.8 Å². The van der Waals surface area contributed by atoms with Crippen molar-refractivity contribution < 1.29 is 19.4 Å². The molecule has 0 aliphatic carbocycles. The first kappa shape index (κ1) is 15.4. The van der Waals surface area contributed by atoms with Gasteiger partial charge in [0.2, 0.25) is 5.91 Å². The molecule has 1 aromatic rings. The number of hydrogen-bond acceptors (Lipinski definition) is 3. The molecule has 1 fully saturated rings. The van der Waals surface area contributed by atoms with Crippen LogP contribution >= 0.6 is 0 Å². The van der Waals surface area contributed by atoms with Gasteiger partial charge in [0.15, 0.2) is 0 Å². The van der Waals surface area contributed by atoms with Crippen LogP contribution in [0.3, 0.4) is 0 Å². The van der Waals surface area contributed by atoms with Crippen LogP contribution in [0.2, 0.25) is 0 Å². The Bertz CT molecular complexity index is 541. The van der Waals surface area contributed by atoms with Gasteiger partial charge in [0, 0.05) is 6.54 Å². The Balaban J connectivity index is 1.85. The number of carboxylic acid groups (broad SMARTS) is 1. The fraction of sp³-hybridized carbons (Fsp3) is 0.500. The molecule has 1 saturated heterocycles. The van der Waals surface area contributed by atoms with Gasteiger partial charge >= 0.3 is 5.97 Å². The van der Waals surface area contributed by atoms with E-state index >= 15 is 0 Å². The average Bonchev–Trinajstić information content (AvgIpc) is 2.90. The number of aliphatic carboxylic acids is 1. The van der Waals surface area contributed by atoms with E-state index in [0.29, 0.717) is 13.0 Å². The van der Waals surface area contributed by atoms with Gasteiger partial charge in [0.25, 0.3) is 0 Å². The normalized spacial score (nSPS) is 17.8. The largest absolute Gasteiger partial charge is 0.493 e. The molecule has 1 heterocycles. The van der Waals surface area contributed by atoms with Crippen molar-refractivity contribution in [3.63, 3.8) is 0 Å². The molecule has 2 rings (SSSR count). The highest BCUT2D eigenvalue weighted by Gasteiger charge is 2.33. The minimum atomic E-state index is -0.920. The van der Waals surface area contributed by atoms with Gasteiger partial charge < -0.3 is 14.7 Å². The summed E-state index contributed by atoms with van der Waals surface area (Å²) in [5.41, 5.74) is 2.20. The van der Waals surface area contributed by atoms with E-state index in [4.69, 9.17) is 9.84 Å². The Hall–Kier alpha value is -2.04. The molecule has 0 unspecified atom stereocenters. The van der Waals surface area contributed by atoms with E-state index < -0.39 is 12.0 Å². The Kier molecular flexibility index (Phi) is 4.83. The highest BCUT2D eigenvalue weighted by atomic mass is 16.5. The molecule has 1 atom stereocenters. The van der Waals surface area contributed by atoms with E-state index in [0.717, 1.165) is 23.3 Å². The Morgan fingerprint density at radius 3 is 2.81 bits per heavy atom. The predicted molar refractivity (Wildman–Crippen MR) is 78.4 cm³/mol. The van der Waals surface area contributed by atoms with Crippen molar-refractivity contribution in [1.29, 1.82) is 0 Å². The molecule has 1 amide bonds. The molecule has 1 N–H and O–H groups in total. The van der Waals surface area contributed by atoms with Crippen molar-refractivity contribution in [2.45, 2.75) is 39.2 Å². The Labute approximate surface area is 124 Å². The second-order valence-corrected chi connectivity index (χ2v) is 5.45. The maximum Gasteiger partial charge on any atom is 0.326 e. The molecule has 0 bridgehead atoms. The molecule has 0 radical (unpaired) electrons. The zero-order valence-corrected chi connectivity index (χ0v) is 12.5. The molecular formula is C16H21NO4. The number of carbonyl (C=O) groups is 2. The maximum atomic E-state index is 12.1. The minimum absolute atomic E-state index is 0.148. The highest BCUT2D eigenvalue weighted by Crippen LogP contribution is 2.20. The Morgan fingerprint density at radius 2 is 2.14 bits per heavy atom. The number of hydrogen-bond donors (Lipinski definition) is 1. The van der Waals surface area contributed by atoms with Gasteiger partial charge in [-0.1, -0.05) is 17.7 Å². The molecule has 1 aromatic carbocycles. The van der Waals surface area contributed by atoms with Crippen LogP contribution in [0.4, 0.5) is 0 Å². The molecular weight excluding hydrogens is 270 g/mol. The lowest BCUT2D eigenvalue weighted by Crippen LogP contribution is -2.40. The zero-order chi connectivity index (χ0) is 15.4. The first-order valence-corrected chi connectivity index (χ1v) is 7.21. The standard InChI is InChI=1S/C16H21NO4/c1-11-5-6-14(12(2)10-11)21-9-7-15(18)17-8-3-4-13(17)16(19)20/h5-6,10,13H,3-4,7-9H2,1-2H3,(H,19,20)/t13-/m0/s1. The number of likely N-dealkylation sites (tertiary alicyclic amines) is 1. The Morgan fingerprint density at radius 1 is 1.38 bits per heavy atom. The number of aryl methyl sites for hydroxylation is 2. The van der Waals surface area contributed by atoms with Crippen LogP contribution in [-0.4, -0.2) is 41.1 Å². The summed E-state index contributed by atoms with van der Waals surface area (Å²) < 4.78 is 5.62. The highest BCUT2D eigenvalue weighted by molar-refractivity contribution is 5.84. The van der Waals surface area contributed by atoms with Crippen LogP contribution in [0.25, 0.3) is 0 Å². The molecule has 21 heavy (non-hydrogen) atoms. The number of amides is 1. The lowest BCUT2D eigenvalue weighted by molar-refractivity contribution is -0.148. The summed E-state index contributed by atoms with van der Waals surface area (Å²) in [7, 11) is 0. The third-order valence-electron chi connectivity index (χ3n) is 3.76. The van der Waals surface area contributed by atoms with E-state index in [2.05, 4.69) is 0 Å². The van der Waals surface area contributed by atoms with Gasteiger partial charge in [-0.2, -0.15) is 0 Å². The summed E-state index contributed by atoms with van der Waals surface area (Å²) in [6.45, 7) is 4.77. The van der Waals surface area contributed by atoms with E-state index in [-0.39, 0.29) is 18.9 Å². The zero-order valence-electron chi connectivity index (χ0n) is 12.5. The van der Waals surface area contributed by atoms with Crippen LogP contribution in [0.5, 0.6) is 5.75 Å². The summed E-state index contributed by atoms with van der Waals surface area (Å²) in [4.78, 5) is 24.6. The SMILES string of the molecule is Cc1ccc(OCCC(=O)N2CCC[C@H]2C(=O)O)c(C)c1. The van der Waals surface area contributed by atoms with Gasteiger partial charge in [-0.3, -0.25) is 4.79 Å². The van der Waals surface area contributed by atoms with E-state index in [1.165, 1.54) is 4.90 Å². The van der Waals surface area contributed by atoms with Crippen LogP contribution in [0.1, 0.15) is 30.4 Å². The first-order chi connectivity index (χ1) is 9.99. The van der Waals surface area contributed by atoms with Crippen molar-refractivity contribution in [3.8, 4) is 5.75 Å². The van der Waals surface area contributed by atoms with E-state index in [1.54, 1.807) is 0 Å². The summed E-state index contributed by atoms with van der Waals surface area (Å²) in [5, 5.41) is 9.07. The lowest BCUT2D eigenvalue weighted by Gasteiger charge is -2.21. The molecule has 5 nitrogen and oxygen atoms in total. The lowest BCUT2D eigenvalue weighted by atomic mass is 10.1. The molecule has 114 valence electrons. The van der Waals surface area contributed by atoms with E-state index in [9.17, 15) is 9.59 Å². The molecule has 1 aliphatic heterocycles. The van der Waals surface area contributed by atoms with Crippen molar-refractivity contribution >= 4 is 11.9 Å². The minimum Gasteiger partial charge on any atom is -0.493 e. The second kappa shape index (κ2) is 6.61.